The summed E-state index contributed by atoms with van der Waals surface area (Å²) in [6.07, 6.45) is 2.11. The van der Waals surface area contributed by atoms with E-state index in [1.165, 1.54) is 0 Å². The molecule has 0 bridgehead atoms. The number of benzene rings is 2. The Labute approximate surface area is 174 Å². The first-order valence-corrected chi connectivity index (χ1v) is 8.96. The topological polar surface area (TPSA) is 160 Å². The molecule has 11 nitrogen and oxygen atoms in total. The molecule has 3 N–H and O–H groups in total. The Morgan fingerprint density at radius 3 is 2.55 bits per heavy atom. The van der Waals surface area contributed by atoms with Gasteiger partial charge in [-0.15, -0.1) is 0 Å². The lowest BCUT2D eigenvalue weighted by Gasteiger charge is -2.13. The molecule has 0 fully saturated rings. The van der Waals surface area contributed by atoms with E-state index in [1.807, 2.05) is 24.3 Å². The summed E-state index contributed by atoms with van der Waals surface area (Å²) in [5, 5.41) is 27.8. The molecule has 31 heavy (non-hydrogen) atoms. The Bertz CT molecular complexity index is 1190. The highest BCUT2D eigenvalue weighted by molar-refractivity contribution is 6.85. The van der Waals surface area contributed by atoms with Crippen LogP contribution in [-0.2, 0) is 4.79 Å². The minimum atomic E-state index is -1.27. The summed E-state index contributed by atoms with van der Waals surface area (Å²) in [5.74, 6) is -2.81. The van der Waals surface area contributed by atoms with Crippen LogP contribution in [0.1, 0.15) is 0 Å². The Morgan fingerprint density at radius 2 is 1.87 bits per heavy atom. The van der Waals surface area contributed by atoms with E-state index in [1.54, 1.807) is 6.20 Å². The van der Waals surface area contributed by atoms with Gasteiger partial charge in [-0.1, -0.05) is 18.2 Å². The standard InChI is InChI=1S/C17H14B2FN5O6/c20-11-5-13(15(25(30)31)6-14(11)24(28)29)23-19-16(8-26)22-17(27)18-10-7-21-12-4-2-1-3-9(10)12/h1-8,16,18-19,21,23H,(H,22,27). The molecule has 14 heteroatoms. The summed E-state index contributed by atoms with van der Waals surface area (Å²) in [6.45, 7) is 0. The second kappa shape index (κ2) is 9.07. The summed E-state index contributed by atoms with van der Waals surface area (Å²) in [6, 6.07) is 8.46. The van der Waals surface area contributed by atoms with Crippen LogP contribution in [0, 0.1) is 26.0 Å². The van der Waals surface area contributed by atoms with E-state index in [9.17, 15) is 34.2 Å². The molecule has 0 radical (unpaired) electrons. The normalized spacial score (nSPS) is 11.4. The molecule has 0 spiro atoms. The van der Waals surface area contributed by atoms with E-state index in [0.29, 0.717) is 18.4 Å². The number of nitro benzene ring substituents is 2. The van der Waals surface area contributed by atoms with E-state index in [2.05, 4.69) is 15.5 Å². The maximum atomic E-state index is 13.9. The van der Waals surface area contributed by atoms with Gasteiger partial charge in [-0.05, 0) is 23.1 Å². The maximum Gasteiger partial charge on any atom is 0.311 e. The second-order valence-electron chi connectivity index (χ2n) is 6.56. The predicted octanol–water partition coefficient (Wildman–Crippen LogP) is 0.883. The highest BCUT2D eigenvalue weighted by Crippen LogP contribution is 2.31. The molecule has 156 valence electrons. The SMILES string of the molecule is O=CC(BNc1cc(F)c([N+](=O)[O-])cc1[N+](=O)[O-])NC(=O)Bc1c[nH]c2ccccc12. The van der Waals surface area contributed by atoms with Crippen LogP contribution in [0.3, 0.4) is 0 Å². The van der Waals surface area contributed by atoms with Gasteiger partial charge in [-0.2, -0.15) is 4.39 Å². The number of aromatic amines is 1. The van der Waals surface area contributed by atoms with Gasteiger partial charge in [0.05, 0.1) is 21.9 Å². The quantitative estimate of drug-likeness (QED) is 0.199. The van der Waals surface area contributed by atoms with Crippen LogP contribution in [0.5, 0.6) is 0 Å². The second-order valence-corrected chi connectivity index (χ2v) is 6.56. The molecular formula is C17H14B2FN5O6. The Hall–Kier alpha value is -4.22. The third-order valence-electron chi connectivity index (χ3n) is 4.51. The van der Waals surface area contributed by atoms with Gasteiger partial charge in [0.1, 0.15) is 12.0 Å². The molecule has 0 aliphatic heterocycles. The summed E-state index contributed by atoms with van der Waals surface area (Å²) < 4.78 is 13.9. The van der Waals surface area contributed by atoms with Crippen molar-refractivity contribution in [1.29, 1.82) is 0 Å². The number of nitrogens with zero attached hydrogens (tertiary/aromatic N) is 2. The predicted molar refractivity (Wildman–Crippen MR) is 114 cm³/mol. The van der Waals surface area contributed by atoms with Crippen LogP contribution < -0.4 is 16.0 Å². The van der Waals surface area contributed by atoms with Crippen LogP contribution in [-0.4, -0.2) is 47.6 Å². The number of nitro groups is 2. The monoisotopic (exact) mass is 425 g/mol. The van der Waals surface area contributed by atoms with Crippen molar-refractivity contribution in [2.45, 2.75) is 5.94 Å². The van der Waals surface area contributed by atoms with E-state index < -0.39 is 38.8 Å². The van der Waals surface area contributed by atoms with Gasteiger partial charge in [-0.25, -0.2) is 0 Å². The van der Waals surface area contributed by atoms with E-state index in [-0.39, 0.29) is 20.4 Å². The van der Waals surface area contributed by atoms with Crippen molar-refractivity contribution in [3.05, 3.63) is 68.6 Å². The molecule has 3 aromatic rings. The van der Waals surface area contributed by atoms with Crippen LogP contribution in [0.2, 0.25) is 0 Å². The molecule has 1 heterocycles. The van der Waals surface area contributed by atoms with Gasteiger partial charge in [0, 0.05) is 11.6 Å². The zero-order valence-electron chi connectivity index (χ0n) is 15.8. The van der Waals surface area contributed by atoms with Gasteiger partial charge in [0.25, 0.3) is 20.4 Å². The fraction of sp³-hybridized carbons (Fsp3) is 0.0588. The van der Waals surface area contributed by atoms with E-state index >= 15 is 0 Å². The number of hydrogen-bond donors (Lipinski definition) is 3. The minimum Gasteiger partial charge on any atom is -0.423 e. The highest BCUT2D eigenvalue weighted by Gasteiger charge is 2.26. The van der Waals surface area contributed by atoms with Gasteiger partial charge in [0.15, 0.2) is 5.81 Å². The van der Waals surface area contributed by atoms with Crippen molar-refractivity contribution in [1.82, 2.24) is 10.3 Å². The summed E-state index contributed by atoms with van der Waals surface area (Å²) in [5.41, 5.74) is -0.560. The molecule has 1 unspecified atom stereocenters. The smallest absolute Gasteiger partial charge is 0.311 e. The van der Waals surface area contributed by atoms with Crippen molar-refractivity contribution in [2.24, 2.45) is 0 Å². The van der Waals surface area contributed by atoms with Crippen molar-refractivity contribution in [3.63, 3.8) is 0 Å². The van der Waals surface area contributed by atoms with Gasteiger partial charge in [-0.3, -0.25) is 25.0 Å². The number of nitrogens with one attached hydrogen (secondary N) is 3. The first kappa shape index (κ1) is 21.5. The lowest BCUT2D eigenvalue weighted by atomic mass is 9.68. The van der Waals surface area contributed by atoms with Gasteiger partial charge >= 0.3 is 5.69 Å². The number of amides is 1. The first-order valence-electron chi connectivity index (χ1n) is 8.96. The highest BCUT2D eigenvalue weighted by atomic mass is 19.1. The van der Waals surface area contributed by atoms with Crippen LogP contribution >= 0.6 is 0 Å². The molecule has 0 saturated heterocycles. The fourth-order valence-corrected chi connectivity index (χ4v) is 3.05. The van der Waals surface area contributed by atoms with Crippen molar-refractivity contribution < 1.29 is 23.8 Å². The van der Waals surface area contributed by atoms with Crippen LogP contribution in [0.25, 0.3) is 10.9 Å². The number of para-hydroxylation sites is 1. The molecule has 3 rings (SSSR count). The number of carbonyl (C=O) groups excluding carboxylic acids is 2. The van der Waals surface area contributed by atoms with Crippen molar-refractivity contribution in [2.75, 3.05) is 5.23 Å². The molecule has 2 aromatic carbocycles. The summed E-state index contributed by atoms with van der Waals surface area (Å²) >= 11 is 0. The number of H-pyrrole nitrogens is 1. The largest absolute Gasteiger partial charge is 0.423 e. The fourth-order valence-electron chi connectivity index (χ4n) is 3.05. The molecule has 0 saturated carbocycles. The molecular weight excluding hydrogens is 411 g/mol. The molecule has 1 atom stereocenters. The van der Waals surface area contributed by atoms with Gasteiger partial charge in [0.2, 0.25) is 5.82 Å². The average Bonchev–Trinajstić information content (AvgIpc) is 3.13. The Morgan fingerprint density at radius 1 is 1.16 bits per heavy atom. The van der Waals surface area contributed by atoms with E-state index in [4.69, 9.17) is 0 Å². The number of hydrogen-bond acceptors (Lipinski definition) is 7. The number of halogens is 1. The minimum absolute atomic E-state index is 0.0132. The Balaban J connectivity index is 1.68. The summed E-state index contributed by atoms with van der Waals surface area (Å²) in [7, 11) is -0.304. The summed E-state index contributed by atoms with van der Waals surface area (Å²) in [4.78, 5) is 46.7. The number of aldehydes is 1. The molecule has 1 aromatic heterocycles. The van der Waals surface area contributed by atoms with Crippen molar-refractivity contribution in [3.8, 4) is 0 Å². The first-order chi connectivity index (χ1) is 14.8. The zero-order valence-corrected chi connectivity index (χ0v) is 15.8. The Kier molecular flexibility index (Phi) is 6.29. The molecule has 0 aliphatic rings. The van der Waals surface area contributed by atoms with Crippen LogP contribution in [0.4, 0.5) is 26.2 Å². The third kappa shape index (κ3) is 4.86. The molecule has 0 aliphatic carbocycles. The van der Waals surface area contributed by atoms with E-state index in [0.717, 1.165) is 16.4 Å². The number of carbonyl (C=O) groups is 2. The van der Waals surface area contributed by atoms with Crippen LogP contribution in [0.15, 0.2) is 42.6 Å². The van der Waals surface area contributed by atoms with Crippen molar-refractivity contribution >= 4 is 60.2 Å². The van der Waals surface area contributed by atoms with Gasteiger partial charge < -0.3 is 20.3 Å². The number of aromatic nitrogens is 1. The number of anilines is 1. The molecule has 1 amide bonds. The number of fused-ring (bicyclic) bond motifs is 1. The lowest BCUT2D eigenvalue weighted by molar-refractivity contribution is -0.395. The number of rotatable bonds is 9. The maximum absolute atomic E-state index is 13.9. The third-order valence-corrected chi connectivity index (χ3v) is 4.51. The average molecular weight is 425 g/mol. The lowest BCUT2D eigenvalue weighted by Crippen LogP contribution is -2.46. The zero-order chi connectivity index (χ0) is 22.5.